The van der Waals surface area contributed by atoms with Gasteiger partial charge in [-0.15, -0.1) is 0 Å². The van der Waals surface area contributed by atoms with Gasteiger partial charge in [0.15, 0.2) is 0 Å². The van der Waals surface area contributed by atoms with E-state index < -0.39 is 28.9 Å². The van der Waals surface area contributed by atoms with E-state index >= 15 is 4.39 Å². The van der Waals surface area contributed by atoms with Crippen molar-refractivity contribution in [3.05, 3.63) is 204 Å². The van der Waals surface area contributed by atoms with E-state index in [1.807, 2.05) is 94.4 Å². The first-order chi connectivity index (χ1) is 24.9. The number of nitrogens with zero attached hydrogens (tertiary/aromatic N) is 4. The predicted molar refractivity (Wildman–Crippen MR) is 191 cm³/mol. The molecule has 0 saturated carbocycles. The number of aromatic nitrogens is 4. The largest absolute Gasteiger partial charge is 0.319 e. The molecule has 248 valence electrons. The molecule has 51 heavy (non-hydrogen) atoms. The number of imidazole rings is 1. The van der Waals surface area contributed by atoms with Gasteiger partial charge in [0, 0.05) is 35.2 Å². The van der Waals surface area contributed by atoms with Crippen LogP contribution in [0, 0.1) is 17.5 Å². The summed E-state index contributed by atoms with van der Waals surface area (Å²) in [7, 11) is 0. The molecule has 8 rings (SSSR count). The van der Waals surface area contributed by atoms with Crippen LogP contribution in [0.25, 0.3) is 28.0 Å². The van der Waals surface area contributed by atoms with E-state index in [2.05, 4.69) is 46.7 Å². The normalized spacial score (nSPS) is 11.5. The molecule has 0 aliphatic heterocycles. The molecule has 0 atom stereocenters. The number of fused-ring (bicyclic) bond motifs is 1. The Morgan fingerprint density at radius 2 is 1.24 bits per heavy atom. The molecule has 0 aliphatic carbocycles. The Bertz CT molecular complexity index is 2420. The molecular weight excluding hydrogens is 647 g/mol. The Morgan fingerprint density at radius 3 is 1.84 bits per heavy atom. The highest BCUT2D eigenvalue weighted by Gasteiger charge is 2.39. The van der Waals surface area contributed by atoms with Gasteiger partial charge in [-0.25, -0.2) is 18.2 Å². The third kappa shape index (κ3) is 5.64. The lowest BCUT2D eigenvalue weighted by molar-refractivity contribution is 0.102. The van der Waals surface area contributed by atoms with Gasteiger partial charge in [0.1, 0.15) is 28.6 Å². The van der Waals surface area contributed by atoms with E-state index in [0.717, 1.165) is 39.9 Å². The fourth-order valence-electron chi connectivity index (χ4n) is 6.59. The first kappa shape index (κ1) is 31.5. The minimum Gasteiger partial charge on any atom is -0.319 e. The summed E-state index contributed by atoms with van der Waals surface area (Å²) in [6.07, 6.45) is 7.42. The van der Waals surface area contributed by atoms with Crippen LogP contribution in [-0.4, -0.2) is 25.1 Å². The molecule has 0 bridgehead atoms. The van der Waals surface area contributed by atoms with Crippen LogP contribution >= 0.6 is 0 Å². The average Bonchev–Trinajstić information content (AvgIpc) is 3.83. The Morgan fingerprint density at radius 1 is 0.608 bits per heavy atom. The SMILES string of the molecule is O=C(Nc1ccc(F)cc1F)c1ccc(-c2cnc3ccc(-c4cnn(C(c5ccccc5)(c5ccccc5)c5ccccc5)c4)cn23)cc1F. The van der Waals surface area contributed by atoms with E-state index in [-0.39, 0.29) is 11.3 Å². The molecule has 0 aliphatic rings. The van der Waals surface area contributed by atoms with E-state index in [9.17, 15) is 13.6 Å². The summed E-state index contributed by atoms with van der Waals surface area (Å²) in [5.41, 5.74) is 5.25. The highest BCUT2D eigenvalue weighted by molar-refractivity contribution is 6.04. The van der Waals surface area contributed by atoms with Crippen LogP contribution in [0.4, 0.5) is 18.9 Å². The third-order valence-electron chi connectivity index (χ3n) is 9.03. The molecule has 6 nitrogen and oxygen atoms in total. The predicted octanol–water partition coefficient (Wildman–Crippen LogP) is 9.37. The molecule has 1 amide bonds. The van der Waals surface area contributed by atoms with Crippen LogP contribution in [-0.2, 0) is 5.54 Å². The summed E-state index contributed by atoms with van der Waals surface area (Å²) < 4.78 is 46.6. The highest BCUT2D eigenvalue weighted by Crippen LogP contribution is 2.41. The first-order valence-corrected chi connectivity index (χ1v) is 16.2. The van der Waals surface area contributed by atoms with Gasteiger partial charge in [-0.1, -0.05) is 97.1 Å². The van der Waals surface area contributed by atoms with E-state index in [4.69, 9.17) is 5.10 Å². The maximum absolute atomic E-state index is 15.4. The second-order valence-electron chi connectivity index (χ2n) is 12.0. The lowest BCUT2D eigenvalue weighted by Crippen LogP contribution is -2.38. The number of carbonyl (C=O) groups excluding carboxylic acids is 1. The standard InChI is InChI=1S/C42H28F3N5O/c43-34-18-20-38(37(45)23-34)48-41(51)35-19-16-28(22-36(35)44)39-25-46-40-21-17-29(26-49(39)40)30-24-47-50(27-30)42(31-10-4-1-5-11-31,32-12-6-2-7-13-32)33-14-8-3-9-15-33/h1-27H,(H,48,51). The number of hydrogen-bond donors (Lipinski definition) is 1. The van der Waals surface area contributed by atoms with E-state index in [1.165, 1.54) is 12.1 Å². The lowest BCUT2D eigenvalue weighted by Gasteiger charge is -2.36. The number of rotatable bonds is 8. The molecule has 0 fully saturated rings. The van der Waals surface area contributed by atoms with Crippen LogP contribution in [0.15, 0.2) is 164 Å². The fourth-order valence-corrected chi connectivity index (χ4v) is 6.59. The Labute approximate surface area is 291 Å². The Hall–Kier alpha value is -6.74. The Kier molecular flexibility index (Phi) is 8.00. The third-order valence-corrected chi connectivity index (χ3v) is 9.03. The number of carbonyl (C=O) groups is 1. The summed E-state index contributed by atoms with van der Waals surface area (Å²) in [6, 6.07) is 41.6. The number of amides is 1. The molecule has 0 radical (unpaired) electrons. The smallest absolute Gasteiger partial charge is 0.258 e. The number of hydrogen-bond acceptors (Lipinski definition) is 3. The average molecular weight is 676 g/mol. The highest BCUT2D eigenvalue weighted by atomic mass is 19.1. The van der Waals surface area contributed by atoms with Gasteiger partial charge < -0.3 is 5.32 Å². The zero-order valence-electron chi connectivity index (χ0n) is 26.9. The quantitative estimate of drug-likeness (QED) is 0.163. The fraction of sp³-hybridized carbons (Fsp3) is 0.0238. The summed E-state index contributed by atoms with van der Waals surface area (Å²) in [6.45, 7) is 0. The van der Waals surface area contributed by atoms with Gasteiger partial charge in [0.2, 0.25) is 0 Å². The molecule has 3 heterocycles. The van der Waals surface area contributed by atoms with Gasteiger partial charge >= 0.3 is 0 Å². The van der Waals surface area contributed by atoms with Crippen molar-refractivity contribution < 1.29 is 18.0 Å². The van der Waals surface area contributed by atoms with Crippen LogP contribution in [0.5, 0.6) is 0 Å². The van der Waals surface area contributed by atoms with Crippen molar-refractivity contribution in [2.24, 2.45) is 0 Å². The molecule has 5 aromatic carbocycles. The maximum Gasteiger partial charge on any atom is 0.258 e. The van der Waals surface area contributed by atoms with E-state index in [1.54, 1.807) is 12.3 Å². The summed E-state index contributed by atoms with van der Waals surface area (Å²) in [4.78, 5) is 17.3. The summed E-state index contributed by atoms with van der Waals surface area (Å²) in [5, 5.41) is 7.28. The number of anilines is 1. The van der Waals surface area contributed by atoms with Crippen LogP contribution in [0.3, 0.4) is 0 Å². The molecule has 8 aromatic rings. The van der Waals surface area contributed by atoms with Crippen molar-refractivity contribution in [2.45, 2.75) is 5.54 Å². The van der Waals surface area contributed by atoms with Crippen molar-refractivity contribution >= 4 is 17.2 Å². The summed E-state index contributed by atoms with van der Waals surface area (Å²) >= 11 is 0. The zero-order chi connectivity index (χ0) is 35.0. The molecule has 0 saturated heterocycles. The Balaban J connectivity index is 1.17. The molecule has 9 heteroatoms. The lowest BCUT2D eigenvalue weighted by atomic mass is 9.77. The molecule has 1 N–H and O–H groups in total. The summed E-state index contributed by atoms with van der Waals surface area (Å²) in [5.74, 6) is -3.41. The van der Waals surface area contributed by atoms with Crippen LogP contribution < -0.4 is 5.32 Å². The maximum atomic E-state index is 15.4. The van der Waals surface area contributed by atoms with Crippen molar-refractivity contribution in [1.82, 2.24) is 19.2 Å². The van der Waals surface area contributed by atoms with Crippen molar-refractivity contribution in [1.29, 1.82) is 0 Å². The minimum atomic E-state index is -0.960. The molecule has 0 unspecified atom stereocenters. The number of benzene rings is 5. The van der Waals surface area contributed by atoms with Crippen LogP contribution in [0.1, 0.15) is 27.0 Å². The van der Waals surface area contributed by atoms with Crippen molar-refractivity contribution in [3.8, 4) is 22.4 Å². The molecular formula is C42H28F3N5O. The number of halogens is 3. The number of pyridine rings is 1. The van der Waals surface area contributed by atoms with Gasteiger partial charge in [-0.2, -0.15) is 5.10 Å². The first-order valence-electron chi connectivity index (χ1n) is 16.2. The molecule has 0 spiro atoms. The second-order valence-corrected chi connectivity index (χ2v) is 12.0. The van der Waals surface area contributed by atoms with E-state index in [0.29, 0.717) is 23.0 Å². The van der Waals surface area contributed by atoms with Crippen LogP contribution in [0.2, 0.25) is 0 Å². The van der Waals surface area contributed by atoms with Crippen molar-refractivity contribution in [3.63, 3.8) is 0 Å². The van der Waals surface area contributed by atoms with Gasteiger partial charge in [0.05, 0.1) is 29.3 Å². The number of nitrogens with one attached hydrogen (secondary N) is 1. The zero-order valence-corrected chi connectivity index (χ0v) is 26.9. The monoisotopic (exact) mass is 675 g/mol. The van der Waals surface area contributed by atoms with Gasteiger partial charge in [0.25, 0.3) is 5.91 Å². The van der Waals surface area contributed by atoms with Crippen molar-refractivity contribution in [2.75, 3.05) is 5.32 Å². The van der Waals surface area contributed by atoms with Gasteiger partial charge in [-0.05, 0) is 53.1 Å². The van der Waals surface area contributed by atoms with Gasteiger partial charge in [-0.3, -0.25) is 13.9 Å². The topological polar surface area (TPSA) is 64.2 Å². The molecule has 3 aromatic heterocycles. The minimum absolute atomic E-state index is 0.254. The second kappa shape index (κ2) is 12.9.